The first-order valence-electron chi connectivity index (χ1n) is 6.35. The van der Waals surface area contributed by atoms with E-state index < -0.39 is 0 Å². The van der Waals surface area contributed by atoms with Gasteiger partial charge >= 0.3 is 0 Å². The van der Waals surface area contributed by atoms with Crippen LogP contribution in [0.25, 0.3) is 0 Å². The maximum atomic E-state index is 8.71. The van der Waals surface area contributed by atoms with E-state index >= 15 is 0 Å². The number of anilines is 1. The molecular formula is C13H21N5O. The Hall–Kier alpha value is -1.82. The molecule has 19 heavy (non-hydrogen) atoms. The van der Waals surface area contributed by atoms with E-state index in [-0.39, 0.29) is 11.4 Å². The molecule has 1 aliphatic rings. The van der Waals surface area contributed by atoms with Gasteiger partial charge in [-0.15, -0.1) is 0 Å². The Morgan fingerprint density at radius 2 is 2.16 bits per heavy atom. The number of pyridine rings is 1. The number of hydrogen-bond acceptors (Lipinski definition) is 5. The largest absolute Gasteiger partial charge is 0.409 e. The van der Waals surface area contributed by atoms with Gasteiger partial charge < -0.3 is 15.8 Å². The van der Waals surface area contributed by atoms with E-state index in [1.165, 1.54) is 0 Å². The Bertz CT molecular complexity index is 486. The fourth-order valence-corrected chi connectivity index (χ4v) is 2.23. The average Bonchev–Trinajstić information content (AvgIpc) is 2.41. The minimum absolute atomic E-state index is 0.0373. The highest BCUT2D eigenvalue weighted by molar-refractivity contribution is 5.95. The molecule has 1 aromatic rings. The lowest BCUT2D eigenvalue weighted by atomic mass is 10.00. The van der Waals surface area contributed by atoms with E-state index in [4.69, 9.17) is 10.9 Å². The summed E-state index contributed by atoms with van der Waals surface area (Å²) in [5.41, 5.74) is 6.18. The zero-order chi connectivity index (χ0) is 14.0. The summed E-state index contributed by atoms with van der Waals surface area (Å²) in [6, 6.07) is 5.57. The van der Waals surface area contributed by atoms with Crippen molar-refractivity contribution in [2.45, 2.75) is 19.4 Å². The predicted octanol–water partition coefficient (Wildman–Crippen LogP) is 0.707. The van der Waals surface area contributed by atoms with Crippen LogP contribution in [-0.4, -0.2) is 53.1 Å². The molecule has 6 heteroatoms. The molecular weight excluding hydrogens is 242 g/mol. The lowest BCUT2D eigenvalue weighted by molar-refractivity contribution is 0.138. The number of amidine groups is 1. The Morgan fingerprint density at radius 3 is 2.79 bits per heavy atom. The van der Waals surface area contributed by atoms with E-state index in [1.807, 2.05) is 12.1 Å². The van der Waals surface area contributed by atoms with E-state index in [1.54, 1.807) is 6.07 Å². The molecule has 6 nitrogen and oxygen atoms in total. The Balaban J connectivity index is 2.23. The first-order chi connectivity index (χ1) is 8.94. The summed E-state index contributed by atoms with van der Waals surface area (Å²) in [4.78, 5) is 9.02. The number of aromatic nitrogens is 1. The maximum Gasteiger partial charge on any atom is 0.188 e. The third-order valence-electron chi connectivity index (χ3n) is 3.75. The van der Waals surface area contributed by atoms with Crippen LogP contribution in [0, 0.1) is 0 Å². The van der Waals surface area contributed by atoms with Crippen LogP contribution in [0.5, 0.6) is 0 Å². The molecule has 2 heterocycles. The third-order valence-corrected chi connectivity index (χ3v) is 3.75. The number of hydrogen-bond donors (Lipinski definition) is 2. The normalized spacial score (nSPS) is 20.6. The van der Waals surface area contributed by atoms with Gasteiger partial charge in [0, 0.05) is 25.2 Å². The molecule has 1 aliphatic heterocycles. The number of piperazine rings is 1. The molecule has 0 unspecified atom stereocenters. The molecule has 1 fully saturated rings. The number of oxime groups is 1. The molecule has 0 spiro atoms. The molecule has 1 aromatic heterocycles. The summed E-state index contributed by atoms with van der Waals surface area (Å²) in [7, 11) is 2.14. The van der Waals surface area contributed by atoms with Crippen molar-refractivity contribution in [1.82, 2.24) is 9.88 Å². The molecule has 104 valence electrons. The van der Waals surface area contributed by atoms with E-state index in [0.29, 0.717) is 5.69 Å². The minimum atomic E-state index is 0.0373. The molecule has 0 bridgehead atoms. The fourth-order valence-electron chi connectivity index (χ4n) is 2.23. The summed E-state index contributed by atoms with van der Waals surface area (Å²) in [6.07, 6.45) is 0. The standard InChI is InChI=1S/C13H21N5O/c1-13(2)9-18(8-7-17(13)3)11-6-4-5-10(15-11)12(14)16-19/h4-6,19H,7-9H2,1-3H3,(H2,14,16). The van der Waals surface area contributed by atoms with Crippen LogP contribution in [0.2, 0.25) is 0 Å². The first kappa shape index (κ1) is 13.6. The van der Waals surface area contributed by atoms with Gasteiger partial charge in [-0.1, -0.05) is 11.2 Å². The first-order valence-corrected chi connectivity index (χ1v) is 6.35. The van der Waals surface area contributed by atoms with Gasteiger partial charge in [-0.25, -0.2) is 4.98 Å². The van der Waals surface area contributed by atoms with Gasteiger partial charge in [0.25, 0.3) is 0 Å². The summed E-state index contributed by atoms with van der Waals surface area (Å²) in [5.74, 6) is 0.903. The Morgan fingerprint density at radius 1 is 1.42 bits per heavy atom. The zero-order valence-electron chi connectivity index (χ0n) is 11.7. The van der Waals surface area contributed by atoms with E-state index in [2.05, 4.69) is 40.8 Å². The summed E-state index contributed by atoms with van der Waals surface area (Å²) < 4.78 is 0. The van der Waals surface area contributed by atoms with Gasteiger partial charge in [-0.2, -0.15) is 0 Å². The highest BCUT2D eigenvalue weighted by atomic mass is 16.4. The van der Waals surface area contributed by atoms with Crippen LogP contribution < -0.4 is 10.6 Å². The van der Waals surface area contributed by atoms with E-state index in [9.17, 15) is 0 Å². The molecule has 0 radical (unpaired) electrons. The molecule has 0 saturated carbocycles. The molecule has 3 N–H and O–H groups in total. The second-order valence-electron chi connectivity index (χ2n) is 5.52. The fraction of sp³-hybridized carbons (Fsp3) is 0.538. The van der Waals surface area contributed by atoms with Crippen molar-refractivity contribution in [3.05, 3.63) is 23.9 Å². The number of nitrogens with two attached hydrogens (primary N) is 1. The van der Waals surface area contributed by atoms with Gasteiger partial charge in [-0.05, 0) is 33.0 Å². The lowest BCUT2D eigenvalue weighted by Crippen LogP contribution is -2.57. The van der Waals surface area contributed by atoms with Crippen LogP contribution in [0.4, 0.5) is 5.82 Å². The molecule has 0 atom stereocenters. The van der Waals surface area contributed by atoms with Gasteiger partial charge in [0.05, 0.1) is 0 Å². The summed E-state index contributed by atoms with van der Waals surface area (Å²) >= 11 is 0. The van der Waals surface area contributed by atoms with Crippen molar-refractivity contribution in [2.75, 3.05) is 31.6 Å². The topological polar surface area (TPSA) is 78.0 Å². The highest BCUT2D eigenvalue weighted by Crippen LogP contribution is 2.23. The summed E-state index contributed by atoms with van der Waals surface area (Å²) in [5, 5.41) is 11.7. The molecule has 0 aromatic carbocycles. The average molecular weight is 263 g/mol. The van der Waals surface area contributed by atoms with Gasteiger partial charge in [-0.3, -0.25) is 4.90 Å². The van der Waals surface area contributed by atoms with Crippen LogP contribution in [0.3, 0.4) is 0 Å². The quantitative estimate of drug-likeness (QED) is 0.355. The van der Waals surface area contributed by atoms with Crippen LogP contribution in [-0.2, 0) is 0 Å². The predicted molar refractivity (Wildman–Crippen MR) is 75.7 cm³/mol. The minimum Gasteiger partial charge on any atom is -0.409 e. The number of likely N-dealkylation sites (N-methyl/N-ethyl adjacent to an activating group) is 1. The highest BCUT2D eigenvalue weighted by Gasteiger charge is 2.31. The monoisotopic (exact) mass is 263 g/mol. The molecule has 1 saturated heterocycles. The van der Waals surface area contributed by atoms with E-state index in [0.717, 1.165) is 25.5 Å². The Kier molecular flexibility index (Phi) is 3.61. The second kappa shape index (κ2) is 5.05. The second-order valence-corrected chi connectivity index (χ2v) is 5.52. The van der Waals surface area contributed by atoms with Crippen LogP contribution in [0.15, 0.2) is 23.4 Å². The van der Waals surface area contributed by atoms with Crippen LogP contribution >= 0.6 is 0 Å². The van der Waals surface area contributed by atoms with Crippen molar-refractivity contribution >= 4 is 11.7 Å². The number of nitrogens with zero attached hydrogens (tertiary/aromatic N) is 4. The van der Waals surface area contributed by atoms with Crippen molar-refractivity contribution in [1.29, 1.82) is 0 Å². The summed E-state index contributed by atoms with van der Waals surface area (Å²) in [6.45, 7) is 7.24. The maximum absolute atomic E-state index is 8.71. The van der Waals surface area contributed by atoms with Crippen molar-refractivity contribution in [2.24, 2.45) is 10.9 Å². The third kappa shape index (κ3) is 2.78. The SMILES string of the molecule is CN1CCN(c2cccc(C(N)=NO)n2)CC1(C)C. The van der Waals surface area contributed by atoms with Gasteiger partial charge in [0.15, 0.2) is 5.84 Å². The molecule has 0 aliphatic carbocycles. The van der Waals surface area contributed by atoms with Crippen molar-refractivity contribution < 1.29 is 5.21 Å². The van der Waals surface area contributed by atoms with Crippen molar-refractivity contribution in [3.8, 4) is 0 Å². The molecule has 2 rings (SSSR count). The van der Waals surface area contributed by atoms with Crippen molar-refractivity contribution in [3.63, 3.8) is 0 Å². The zero-order valence-corrected chi connectivity index (χ0v) is 11.7. The lowest BCUT2D eigenvalue weighted by Gasteiger charge is -2.45. The van der Waals surface area contributed by atoms with Gasteiger partial charge in [0.2, 0.25) is 0 Å². The van der Waals surface area contributed by atoms with Crippen LogP contribution in [0.1, 0.15) is 19.5 Å². The van der Waals surface area contributed by atoms with Gasteiger partial charge in [0.1, 0.15) is 11.5 Å². The number of rotatable bonds is 2. The Labute approximate surface area is 113 Å². The molecule has 0 amide bonds. The smallest absolute Gasteiger partial charge is 0.188 e.